The fourth-order valence-electron chi connectivity index (χ4n) is 4.27. The van der Waals surface area contributed by atoms with Crippen molar-refractivity contribution in [2.24, 2.45) is 0 Å². The van der Waals surface area contributed by atoms with Crippen LogP contribution in [0.3, 0.4) is 0 Å². The molecule has 4 aromatic rings. The summed E-state index contributed by atoms with van der Waals surface area (Å²) >= 11 is 1.23. The lowest BCUT2D eigenvalue weighted by Crippen LogP contribution is -2.40. The number of hydrogen-bond acceptors (Lipinski definition) is 6. The number of benzene rings is 1. The second-order valence-corrected chi connectivity index (χ2v) is 9.64. The number of aryl methyl sites for hydroxylation is 1. The van der Waals surface area contributed by atoms with Crippen molar-refractivity contribution in [1.29, 1.82) is 0 Å². The van der Waals surface area contributed by atoms with Crippen LogP contribution in [0.1, 0.15) is 58.5 Å². The van der Waals surface area contributed by atoms with Crippen LogP contribution in [0, 0.1) is 0 Å². The molecule has 4 heterocycles. The van der Waals surface area contributed by atoms with E-state index in [1.165, 1.54) is 17.5 Å². The molecule has 3 aromatic heterocycles. The van der Waals surface area contributed by atoms with Crippen LogP contribution in [0.4, 0.5) is 8.78 Å². The monoisotopic (exact) mass is 481 g/mol. The molecule has 0 spiro atoms. The average molecular weight is 482 g/mol. The van der Waals surface area contributed by atoms with E-state index in [0.717, 1.165) is 24.2 Å². The molecule has 8 nitrogen and oxygen atoms in total. The maximum atomic E-state index is 13.5. The van der Waals surface area contributed by atoms with Crippen molar-refractivity contribution < 1.29 is 13.6 Å². The molecule has 1 aromatic carbocycles. The van der Waals surface area contributed by atoms with Crippen molar-refractivity contribution in [2.75, 3.05) is 0 Å². The van der Waals surface area contributed by atoms with Crippen LogP contribution in [0.15, 0.2) is 36.5 Å². The van der Waals surface area contributed by atoms with Gasteiger partial charge in [0, 0.05) is 29.4 Å². The summed E-state index contributed by atoms with van der Waals surface area (Å²) in [6, 6.07) is 9.64. The number of carbonyl (C=O) groups excluding carboxylic acids is 1. The normalized spacial score (nSPS) is 17.7. The lowest BCUT2D eigenvalue weighted by molar-refractivity contribution is 0.0925. The number of nitrogens with zero attached hydrogens (tertiary/aromatic N) is 5. The van der Waals surface area contributed by atoms with Crippen molar-refractivity contribution in [2.45, 2.75) is 50.6 Å². The summed E-state index contributed by atoms with van der Waals surface area (Å²) < 4.78 is 28.9. The number of alkyl halides is 2. The SMILES string of the molecule is O=C(NC1CCn2nc(-c3ccccc3)nc2C1)c1[nH]ncc1-c1nc(C(F)F)c(C2CC2)s1. The Hall–Kier alpha value is -3.47. The Labute approximate surface area is 197 Å². The van der Waals surface area contributed by atoms with Gasteiger partial charge in [0.1, 0.15) is 22.2 Å². The van der Waals surface area contributed by atoms with Gasteiger partial charge >= 0.3 is 0 Å². The van der Waals surface area contributed by atoms with E-state index < -0.39 is 6.43 Å². The molecule has 11 heteroatoms. The largest absolute Gasteiger partial charge is 0.347 e. The first-order chi connectivity index (χ1) is 16.6. The Morgan fingerprint density at radius 1 is 1.18 bits per heavy atom. The van der Waals surface area contributed by atoms with Crippen LogP contribution in [-0.2, 0) is 13.0 Å². The maximum absolute atomic E-state index is 13.5. The molecule has 1 saturated carbocycles. The Bertz CT molecular complexity index is 1320. The molecular formula is C23H21F2N7OS. The summed E-state index contributed by atoms with van der Waals surface area (Å²) in [7, 11) is 0. The van der Waals surface area contributed by atoms with E-state index in [1.54, 1.807) is 0 Å². The van der Waals surface area contributed by atoms with Gasteiger partial charge in [-0.2, -0.15) is 10.2 Å². The zero-order chi connectivity index (χ0) is 23.2. The Morgan fingerprint density at radius 2 is 2.00 bits per heavy atom. The molecule has 1 unspecified atom stereocenters. The number of H-pyrrole nitrogens is 1. The van der Waals surface area contributed by atoms with Crippen LogP contribution in [0.25, 0.3) is 22.0 Å². The third-order valence-corrected chi connectivity index (χ3v) is 7.43. The summed E-state index contributed by atoms with van der Waals surface area (Å²) in [5, 5.41) is 14.7. The van der Waals surface area contributed by atoms with Gasteiger partial charge in [0.2, 0.25) is 0 Å². The second-order valence-electron chi connectivity index (χ2n) is 8.61. The van der Waals surface area contributed by atoms with E-state index in [1.807, 2.05) is 35.0 Å². The standard InChI is InChI=1S/C23H21F2N7OS/c24-20(25)18-19(12-6-7-12)34-23(29-18)15-11-26-30-17(15)22(33)27-14-8-9-32-16(10-14)28-21(31-32)13-4-2-1-3-5-13/h1-5,11-12,14,20H,6-10H2,(H,26,30)(H,27,33). The average Bonchev–Trinajstić information content (AvgIpc) is 3.25. The van der Waals surface area contributed by atoms with Gasteiger partial charge in [0.25, 0.3) is 12.3 Å². The number of aromatic amines is 1. The van der Waals surface area contributed by atoms with Crippen molar-refractivity contribution in [3.8, 4) is 22.0 Å². The van der Waals surface area contributed by atoms with Gasteiger partial charge in [-0.05, 0) is 25.2 Å². The predicted octanol–water partition coefficient (Wildman–Crippen LogP) is 4.35. The summed E-state index contributed by atoms with van der Waals surface area (Å²) in [4.78, 5) is 22.5. The van der Waals surface area contributed by atoms with Crippen molar-refractivity contribution in [1.82, 2.24) is 35.3 Å². The molecule has 0 saturated heterocycles. The lowest BCUT2D eigenvalue weighted by atomic mass is 10.1. The van der Waals surface area contributed by atoms with Gasteiger partial charge < -0.3 is 5.32 Å². The van der Waals surface area contributed by atoms with Gasteiger partial charge in [-0.15, -0.1) is 11.3 Å². The number of thiazole rings is 1. The van der Waals surface area contributed by atoms with Crippen molar-refractivity contribution in [3.63, 3.8) is 0 Å². The third-order valence-electron chi connectivity index (χ3n) is 6.17. The summed E-state index contributed by atoms with van der Waals surface area (Å²) in [6.45, 7) is 0.644. The van der Waals surface area contributed by atoms with Crippen molar-refractivity contribution >= 4 is 17.2 Å². The molecule has 2 N–H and O–H groups in total. The smallest absolute Gasteiger partial charge is 0.281 e. The Kier molecular flexibility index (Phi) is 5.20. The number of carbonyl (C=O) groups is 1. The summed E-state index contributed by atoms with van der Waals surface area (Å²) in [5.74, 6) is 1.30. The minimum absolute atomic E-state index is 0.126. The van der Waals surface area contributed by atoms with E-state index in [4.69, 9.17) is 0 Å². The van der Waals surface area contributed by atoms with Crippen LogP contribution in [0.2, 0.25) is 0 Å². The van der Waals surface area contributed by atoms with E-state index in [2.05, 4.69) is 30.6 Å². The van der Waals surface area contributed by atoms with Crippen molar-refractivity contribution in [3.05, 3.63) is 58.6 Å². The van der Waals surface area contributed by atoms with Crippen LogP contribution in [-0.4, -0.2) is 41.9 Å². The molecular weight excluding hydrogens is 460 g/mol. The highest BCUT2D eigenvalue weighted by Crippen LogP contribution is 2.48. The highest BCUT2D eigenvalue weighted by molar-refractivity contribution is 7.15. The van der Waals surface area contributed by atoms with E-state index in [9.17, 15) is 13.6 Å². The zero-order valence-electron chi connectivity index (χ0n) is 18.0. The molecule has 1 amide bonds. The lowest BCUT2D eigenvalue weighted by Gasteiger charge is -2.23. The van der Waals surface area contributed by atoms with Gasteiger partial charge in [-0.1, -0.05) is 30.3 Å². The third kappa shape index (κ3) is 3.89. The molecule has 174 valence electrons. The van der Waals surface area contributed by atoms with Gasteiger partial charge in [-0.3, -0.25) is 9.89 Å². The zero-order valence-corrected chi connectivity index (χ0v) is 18.9. The fraction of sp³-hybridized carbons (Fsp3) is 0.348. The summed E-state index contributed by atoms with van der Waals surface area (Å²) in [5.41, 5.74) is 1.45. The van der Waals surface area contributed by atoms with Gasteiger partial charge in [0.05, 0.1) is 11.8 Å². The molecule has 0 bridgehead atoms. The van der Waals surface area contributed by atoms with Crippen LogP contribution >= 0.6 is 11.3 Å². The number of amides is 1. The topological polar surface area (TPSA) is 101 Å². The highest BCUT2D eigenvalue weighted by Gasteiger charge is 2.34. The van der Waals surface area contributed by atoms with Crippen LogP contribution < -0.4 is 5.32 Å². The Morgan fingerprint density at radius 3 is 2.76 bits per heavy atom. The quantitative estimate of drug-likeness (QED) is 0.426. The van der Waals surface area contributed by atoms with E-state index in [-0.39, 0.29) is 29.3 Å². The van der Waals surface area contributed by atoms with Crippen LogP contribution in [0.5, 0.6) is 0 Å². The molecule has 1 atom stereocenters. The first-order valence-corrected chi connectivity index (χ1v) is 12.0. The summed E-state index contributed by atoms with van der Waals surface area (Å²) in [6.07, 6.45) is 1.90. The molecule has 2 aliphatic rings. The highest BCUT2D eigenvalue weighted by atomic mass is 32.1. The fourth-order valence-corrected chi connectivity index (χ4v) is 5.53. The Balaban J connectivity index is 1.19. The molecule has 1 fully saturated rings. The molecule has 1 aliphatic carbocycles. The number of hydrogen-bond donors (Lipinski definition) is 2. The number of fused-ring (bicyclic) bond motifs is 1. The number of halogens is 2. The van der Waals surface area contributed by atoms with Gasteiger partial charge in [0.15, 0.2) is 5.82 Å². The minimum atomic E-state index is -2.63. The molecule has 34 heavy (non-hydrogen) atoms. The number of nitrogens with one attached hydrogen (secondary N) is 2. The maximum Gasteiger partial charge on any atom is 0.281 e. The van der Waals surface area contributed by atoms with Gasteiger partial charge in [-0.25, -0.2) is 23.4 Å². The van der Waals surface area contributed by atoms with E-state index in [0.29, 0.717) is 40.7 Å². The number of aromatic nitrogens is 6. The molecule has 6 rings (SSSR count). The first kappa shape index (κ1) is 21.1. The minimum Gasteiger partial charge on any atom is -0.347 e. The number of rotatable bonds is 6. The predicted molar refractivity (Wildman–Crippen MR) is 122 cm³/mol. The molecule has 0 radical (unpaired) electrons. The molecule has 1 aliphatic heterocycles. The second kappa shape index (κ2) is 8.39. The van der Waals surface area contributed by atoms with E-state index >= 15 is 0 Å². The first-order valence-electron chi connectivity index (χ1n) is 11.2.